The molecule has 0 spiro atoms. The Kier molecular flexibility index (Phi) is 1.53. The second-order valence-electron chi connectivity index (χ2n) is 1.83. The molecule has 0 atom stereocenters. The maximum absolute atomic E-state index is 10.5. The van der Waals surface area contributed by atoms with Crippen molar-refractivity contribution >= 4 is 11.5 Å². The molecule has 1 aromatic heterocycles. The molecular weight excluding hydrogens is 130 g/mol. The summed E-state index contributed by atoms with van der Waals surface area (Å²) in [4.78, 5) is 10.5. The van der Waals surface area contributed by atoms with Crippen LogP contribution >= 0.6 is 0 Å². The Morgan fingerprint density at radius 2 is 2.50 bits per heavy atom. The molecule has 0 aliphatic heterocycles. The minimum absolute atomic E-state index is 0.272. The molecule has 0 bridgehead atoms. The van der Waals surface area contributed by atoms with Crippen LogP contribution in [-0.2, 0) is 4.79 Å². The Morgan fingerprint density at radius 3 is 2.90 bits per heavy atom. The number of hydrogen-bond donors (Lipinski definition) is 2. The third-order valence-corrected chi connectivity index (χ3v) is 1.14. The van der Waals surface area contributed by atoms with E-state index in [9.17, 15) is 4.79 Å². The van der Waals surface area contributed by atoms with Gasteiger partial charge in [-0.15, -0.1) is 0 Å². The van der Waals surface area contributed by atoms with Crippen molar-refractivity contribution in [3.8, 4) is 0 Å². The number of amides is 1. The van der Waals surface area contributed by atoms with Gasteiger partial charge >= 0.3 is 0 Å². The predicted octanol–water partition coefficient (Wildman–Crippen LogP) is -0.0918. The number of nitrogens with two attached hydrogens (primary N) is 1. The number of nitrogens with zero attached hydrogens (tertiary/aromatic N) is 1. The average Bonchev–Trinajstić information content (AvgIpc) is 2.36. The molecule has 1 amide bonds. The Bertz CT molecular complexity index is 250. The van der Waals surface area contributed by atoms with E-state index in [1.807, 2.05) is 0 Å². The first kappa shape index (κ1) is 6.54. The van der Waals surface area contributed by atoms with Crippen LogP contribution in [0, 0.1) is 0 Å². The fourth-order valence-corrected chi connectivity index (χ4v) is 0.558. The topological polar surface area (TPSA) is 71.8 Å². The maximum atomic E-state index is 10.5. The summed E-state index contributed by atoms with van der Waals surface area (Å²) in [6.45, 7) is 3.46. The van der Waals surface area contributed by atoms with Gasteiger partial charge in [0, 0.05) is 17.3 Å². The number of aromatic amines is 1. The number of aromatic nitrogens is 2. The highest BCUT2D eigenvalue weighted by atomic mass is 16.1. The predicted molar refractivity (Wildman–Crippen MR) is 36.8 cm³/mol. The summed E-state index contributed by atoms with van der Waals surface area (Å²) in [5, 5.41) is 6.18. The van der Waals surface area contributed by atoms with Crippen molar-refractivity contribution in [3.63, 3.8) is 0 Å². The van der Waals surface area contributed by atoms with Gasteiger partial charge in [0.2, 0.25) is 5.91 Å². The highest BCUT2D eigenvalue weighted by Crippen LogP contribution is 2.07. The van der Waals surface area contributed by atoms with E-state index in [-0.39, 0.29) is 5.57 Å². The van der Waals surface area contributed by atoms with Gasteiger partial charge in [-0.1, -0.05) is 6.58 Å². The lowest BCUT2D eigenvalue weighted by atomic mass is 10.2. The van der Waals surface area contributed by atoms with E-state index < -0.39 is 5.91 Å². The van der Waals surface area contributed by atoms with Gasteiger partial charge in [-0.25, -0.2) is 0 Å². The maximum Gasteiger partial charge on any atom is 0.248 e. The summed E-state index contributed by atoms with van der Waals surface area (Å²) in [6.07, 6.45) is 3.06. The van der Waals surface area contributed by atoms with Crippen molar-refractivity contribution in [1.82, 2.24) is 10.2 Å². The molecule has 3 N–H and O–H groups in total. The lowest BCUT2D eigenvalue weighted by molar-refractivity contribution is -0.112. The van der Waals surface area contributed by atoms with Crippen molar-refractivity contribution in [2.45, 2.75) is 0 Å². The third-order valence-electron chi connectivity index (χ3n) is 1.14. The summed E-state index contributed by atoms with van der Waals surface area (Å²) in [6, 6.07) is 0. The number of rotatable bonds is 2. The molecule has 0 fully saturated rings. The molecule has 0 aliphatic rings. The molecule has 0 saturated carbocycles. The zero-order chi connectivity index (χ0) is 7.56. The summed E-state index contributed by atoms with van der Waals surface area (Å²) >= 11 is 0. The minimum atomic E-state index is -0.526. The van der Waals surface area contributed by atoms with Crippen LogP contribution in [0.15, 0.2) is 19.0 Å². The van der Waals surface area contributed by atoms with Gasteiger partial charge in [-0.2, -0.15) is 5.10 Å². The van der Waals surface area contributed by atoms with E-state index in [0.29, 0.717) is 5.56 Å². The lowest BCUT2D eigenvalue weighted by Gasteiger charge is -1.92. The van der Waals surface area contributed by atoms with Crippen LogP contribution in [0.2, 0.25) is 0 Å². The smallest absolute Gasteiger partial charge is 0.248 e. The van der Waals surface area contributed by atoms with Gasteiger partial charge in [0.15, 0.2) is 0 Å². The molecule has 1 aromatic rings. The second kappa shape index (κ2) is 2.34. The van der Waals surface area contributed by atoms with E-state index in [1.54, 1.807) is 6.20 Å². The van der Waals surface area contributed by atoms with Crippen LogP contribution < -0.4 is 5.73 Å². The van der Waals surface area contributed by atoms with E-state index in [4.69, 9.17) is 5.73 Å². The quantitative estimate of drug-likeness (QED) is 0.559. The molecule has 1 heterocycles. The Balaban J connectivity index is 2.88. The number of carbonyl (C=O) groups is 1. The van der Waals surface area contributed by atoms with Crippen LogP contribution in [0.5, 0.6) is 0 Å². The number of hydrogen-bond acceptors (Lipinski definition) is 2. The third kappa shape index (κ3) is 1.05. The zero-order valence-corrected chi connectivity index (χ0v) is 5.29. The summed E-state index contributed by atoms with van der Waals surface area (Å²) in [5.74, 6) is -0.526. The first-order chi connectivity index (χ1) is 4.72. The highest BCUT2D eigenvalue weighted by Gasteiger charge is 2.04. The standard InChI is InChI=1S/C6H7N3O/c1-4(6(7)10)5-2-8-9-3-5/h2-3H,1H2,(H2,7,10)(H,8,9). The molecule has 0 aromatic carbocycles. The molecule has 0 unspecified atom stereocenters. The highest BCUT2D eigenvalue weighted by molar-refractivity contribution is 6.17. The molecule has 4 nitrogen and oxygen atoms in total. The Morgan fingerprint density at radius 1 is 1.80 bits per heavy atom. The Hall–Kier alpha value is -1.58. The van der Waals surface area contributed by atoms with Gasteiger partial charge in [0.25, 0.3) is 0 Å². The number of nitrogens with one attached hydrogen (secondary N) is 1. The van der Waals surface area contributed by atoms with E-state index in [0.717, 1.165) is 0 Å². The van der Waals surface area contributed by atoms with Crippen LogP contribution in [0.4, 0.5) is 0 Å². The molecule has 0 saturated heterocycles. The Labute approximate surface area is 57.7 Å². The van der Waals surface area contributed by atoms with Crippen LogP contribution in [-0.4, -0.2) is 16.1 Å². The molecule has 52 valence electrons. The number of H-pyrrole nitrogens is 1. The number of carbonyl (C=O) groups excluding carboxylic acids is 1. The number of primary amides is 1. The van der Waals surface area contributed by atoms with E-state index >= 15 is 0 Å². The lowest BCUT2D eigenvalue weighted by Crippen LogP contribution is -2.11. The van der Waals surface area contributed by atoms with Gasteiger partial charge in [-0.05, 0) is 0 Å². The van der Waals surface area contributed by atoms with Crippen molar-refractivity contribution in [2.24, 2.45) is 5.73 Å². The van der Waals surface area contributed by atoms with Crippen LogP contribution in [0.25, 0.3) is 5.57 Å². The first-order valence-corrected chi connectivity index (χ1v) is 2.69. The normalized spacial score (nSPS) is 9.20. The van der Waals surface area contributed by atoms with Gasteiger partial charge in [0.05, 0.1) is 6.20 Å². The molecule has 0 radical (unpaired) electrons. The van der Waals surface area contributed by atoms with Crippen molar-refractivity contribution in [1.29, 1.82) is 0 Å². The molecule has 4 heteroatoms. The largest absolute Gasteiger partial charge is 0.366 e. The fourth-order valence-electron chi connectivity index (χ4n) is 0.558. The first-order valence-electron chi connectivity index (χ1n) is 2.69. The van der Waals surface area contributed by atoms with Crippen molar-refractivity contribution in [2.75, 3.05) is 0 Å². The monoisotopic (exact) mass is 137 g/mol. The van der Waals surface area contributed by atoms with E-state index in [1.165, 1.54) is 6.20 Å². The molecule has 0 aliphatic carbocycles. The minimum Gasteiger partial charge on any atom is -0.366 e. The fraction of sp³-hybridized carbons (Fsp3) is 0. The summed E-state index contributed by atoms with van der Waals surface area (Å²) in [7, 11) is 0. The molecule has 10 heavy (non-hydrogen) atoms. The van der Waals surface area contributed by atoms with Crippen molar-refractivity contribution in [3.05, 3.63) is 24.5 Å². The average molecular weight is 137 g/mol. The van der Waals surface area contributed by atoms with Crippen LogP contribution in [0.3, 0.4) is 0 Å². The van der Waals surface area contributed by atoms with Crippen molar-refractivity contribution < 1.29 is 4.79 Å². The second-order valence-corrected chi connectivity index (χ2v) is 1.83. The zero-order valence-electron chi connectivity index (χ0n) is 5.29. The summed E-state index contributed by atoms with van der Waals surface area (Å²) < 4.78 is 0. The van der Waals surface area contributed by atoms with Gasteiger partial charge in [-0.3, -0.25) is 9.89 Å². The molecular formula is C6H7N3O. The van der Waals surface area contributed by atoms with Crippen LogP contribution in [0.1, 0.15) is 5.56 Å². The van der Waals surface area contributed by atoms with E-state index in [2.05, 4.69) is 16.8 Å². The van der Waals surface area contributed by atoms with Gasteiger partial charge in [0.1, 0.15) is 0 Å². The SMILES string of the molecule is C=C(C(N)=O)c1cn[nH]c1. The summed E-state index contributed by atoms with van der Waals surface area (Å²) in [5.41, 5.74) is 5.85. The molecule has 1 rings (SSSR count). The van der Waals surface area contributed by atoms with Gasteiger partial charge < -0.3 is 5.73 Å².